The predicted molar refractivity (Wildman–Crippen MR) is 141 cm³/mol. The van der Waals surface area contributed by atoms with Crippen LogP contribution in [-0.2, 0) is 9.59 Å². The maximum absolute atomic E-state index is 13.9. The van der Waals surface area contributed by atoms with Crippen LogP contribution in [0.2, 0.25) is 0 Å². The number of hydrazine groups is 1. The number of halogens is 1. The molecule has 190 valence electrons. The molecule has 0 aliphatic carbocycles. The lowest BCUT2D eigenvalue weighted by molar-refractivity contribution is -0.123. The number of carbonyl (C=O) groups is 3. The molecule has 0 radical (unpaired) electrons. The molecule has 3 aromatic rings. The topological polar surface area (TPSA) is 88.2 Å². The number of para-hydroxylation sites is 1. The zero-order valence-corrected chi connectivity index (χ0v) is 22.0. The number of carbonyl (C=O) groups excluding carboxylic acids is 3. The summed E-state index contributed by atoms with van der Waals surface area (Å²) in [6, 6.07) is 19.4. The second-order valence-electron chi connectivity index (χ2n) is 8.67. The van der Waals surface area contributed by atoms with Gasteiger partial charge < -0.3 is 9.47 Å². The molecule has 3 atom stereocenters. The van der Waals surface area contributed by atoms with Crippen LogP contribution < -0.4 is 19.8 Å². The predicted octanol–water partition coefficient (Wildman–Crippen LogP) is 4.51. The number of rotatable bonds is 7. The maximum atomic E-state index is 13.9. The Morgan fingerprint density at radius 2 is 1.65 bits per heavy atom. The average Bonchev–Trinajstić information content (AvgIpc) is 3.41. The van der Waals surface area contributed by atoms with Crippen molar-refractivity contribution in [3.63, 3.8) is 0 Å². The van der Waals surface area contributed by atoms with Crippen molar-refractivity contribution in [1.29, 1.82) is 0 Å². The monoisotopic (exact) mass is 563 g/mol. The SMILES string of the molecule is CCOc1ccc(N2C(=O)[C@@H]3[C@@H](c4ccccc4OCC)NN(C(=O)c4cccc(Br)c4)[C@@H]3C2=O)cc1. The van der Waals surface area contributed by atoms with Crippen LogP contribution in [0.3, 0.4) is 0 Å². The molecule has 5 rings (SSSR count). The van der Waals surface area contributed by atoms with Gasteiger partial charge >= 0.3 is 0 Å². The molecule has 2 heterocycles. The fraction of sp³-hybridized carbons (Fsp3) is 0.250. The van der Waals surface area contributed by atoms with Crippen molar-refractivity contribution >= 4 is 39.3 Å². The van der Waals surface area contributed by atoms with E-state index in [4.69, 9.17) is 9.47 Å². The van der Waals surface area contributed by atoms with Crippen molar-refractivity contribution in [3.8, 4) is 11.5 Å². The third-order valence-corrected chi connectivity index (χ3v) is 6.98. The molecule has 2 saturated heterocycles. The van der Waals surface area contributed by atoms with Crippen LogP contribution in [0.15, 0.2) is 77.3 Å². The molecule has 3 amide bonds. The highest BCUT2D eigenvalue weighted by atomic mass is 79.9. The Balaban J connectivity index is 1.57. The van der Waals surface area contributed by atoms with Gasteiger partial charge in [0.25, 0.3) is 11.8 Å². The molecule has 0 aromatic heterocycles. The van der Waals surface area contributed by atoms with E-state index in [-0.39, 0.29) is 5.91 Å². The fourth-order valence-electron chi connectivity index (χ4n) is 4.93. The first kappa shape index (κ1) is 25.0. The Kier molecular flexibility index (Phi) is 6.99. The van der Waals surface area contributed by atoms with Crippen LogP contribution in [0, 0.1) is 5.92 Å². The lowest BCUT2D eigenvalue weighted by Gasteiger charge is -2.26. The Morgan fingerprint density at radius 1 is 0.919 bits per heavy atom. The van der Waals surface area contributed by atoms with E-state index < -0.39 is 29.8 Å². The van der Waals surface area contributed by atoms with Gasteiger partial charge in [-0.25, -0.2) is 10.3 Å². The van der Waals surface area contributed by atoms with Gasteiger partial charge in [0.05, 0.1) is 30.9 Å². The molecule has 3 aromatic carbocycles. The molecule has 2 aliphatic rings. The summed E-state index contributed by atoms with van der Waals surface area (Å²) in [5.74, 6) is -0.849. The van der Waals surface area contributed by atoms with Crippen LogP contribution >= 0.6 is 15.9 Å². The molecule has 0 spiro atoms. The number of ether oxygens (including phenoxy) is 2. The van der Waals surface area contributed by atoms with Gasteiger partial charge in [-0.05, 0) is 62.4 Å². The standard InChI is InChI=1S/C28H26BrN3O5/c1-3-36-20-14-12-19(13-15-20)31-27(34)23-24(21-10-5-6-11-22(21)37-4-2)30-32(25(23)28(31)35)26(33)17-8-7-9-18(29)16-17/h5-16,23-25,30H,3-4H2,1-2H3/t23-,24-,25+/m1/s1. The number of hydrogen-bond donors (Lipinski definition) is 1. The summed E-state index contributed by atoms with van der Waals surface area (Å²) in [5.41, 5.74) is 4.71. The highest BCUT2D eigenvalue weighted by Gasteiger charge is 2.60. The molecule has 0 bridgehead atoms. The third-order valence-electron chi connectivity index (χ3n) is 6.48. The number of nitrogens with one attached hydrogen (secondary N) is 1. The number of nitrogens with zero attached hydrogens (tertiary/aromatic N) is 2. The zero-order chi connectivity index (χ0) is 26.1. The Hall–Kier alpha value is -3.69. The largest absolute Gasteiger partial charge is 0.494 e. The molecule has 0 unspecified atom stereocenters. The Labute approximate surface area is 223 Å². The van der Waals surface area contributed by atoms with Crippen molar-refractivity contribution in [1.82, 2.24) is 10.4 Å². The molecule has 8 nitrogen and oxygen atoms in total. The third kappa shape index (κ3) is 4.49. The summed E-state index contributed by atoms with van der Waals surface area (Å²) in [6.07, 6.45) is 0. The zero-order valence-electron chi connectivity index (χ0n) is 20.4. The first-order chi connectivity index (χ1) is 17.9. The molecule has 2 fully saturated rings. The van der Waals surface area contributed by atoms with Gasteiger partial charge in [-0.1, -0.05) is 40.2 Å². The summed E-state index contributed by atoms with van der Waals surface area (Å²) in [7, 11) is 0. The van der Waals surface area contributed by atoms with Gasteiger partial charge in [-0.15, -0.1) is 0 Å². The van der Waals surface area contributed by atoms with E-state index in [9.17, 15) is 14.4 Å². The van der Waals surface area contributed by atoms with Gasteiger partial charge in [0.15, 0.2) is 0 Å². The minimum Gasteiger partial charge on any atom is -0.494 e. The summed E-state index contributed by atoms with van der Waals surface area (Å²) in [6.45, 7) is 4.70. The summed E-state index contributed by atoms with van der Waals surface area (Å²) in [5, 5.41) is 1.30. The van der Waals surface area contributed by atoms with Crippen LogP contribution in [0.5, 0.6) is 11.5 Å². The van der Waals surface area contributed by atoms with Gasteiger partial charge in [-0.2, -0.15) is 0 Å². The van der Waals surface area contributed by atoms with E-state index in [0.717, 1.165) is 4.47 Å². The molecule has 0 saturated carbocycles. The van der Waals surface area contributed by atoms with Crippen molar-refractivity contribution in [2.75, 3.05) is 18.1 Å². The van der Waals surface area contributed by atoms with E-state index in [1.54, 1.807) is 42.5 Å². The second kappa shape index (κ2) is 10.4. The molecule has 2 aliphatic heterocycles. The number of imide groups is 1. The molecule has 1 N–H and O–H groups in total. The van der Waals surface area contributed by atoms with Gasteiger partial charge in [0, 0.05) is 15.6 Å². The van der Waals surface area contributed by atoms with E-state index in [1.165, 1.54) is 9.91 Å². The molecule has 9 heteroatoms. The second-order valence-corrected chi connectivity index (χ2v) is 9.59. The minimum absolute atomic E-state index is 0.382. The van der Waals surface area contributed by atoms with Gasteiger partial charge in [0.2, 0.25) is 5.91 Å². The minimum atomic E-state index is -1.02. The van der Waals surface area contributed by atoms with Crippen molar-refractivity contribution in [2.45, 2.75) is 25.9 Å². The normalized spacial score (nSPS) is 20.8. The van der Waals surface area contributed by atoms with Crippen LogP contribution in [0.4, 0.5) is 5.69 Å². The van der Waals surface area contributed by atoms with Crippen molar-refractivity contribution in [2.24, 2.45) is 5.92 Å². The van der Waals surface area contributed by atoms with Gasteiger partial charge in [-0.3, -0.25) is 19.4 Å². The number of amides is 3. The molecular formula is C28H26BrN3O5. The first-order valence-corrected chi connectivity index (χ1v) is 12.9. The summed E-state index contributed by atoms with van der Waals surface area (Å²) in [4.78, 5) is 42.5. The highest BCUT2D eigenvalue weighted by Crippen LogP contribution is 2.44. The number of hydrogen-bond acceptors (Lipinski definition) is 6. The van der Waals surface area contributed by atoms with E-state index in [0.29, 0.717) is 41.5 Å². The summed E-state index contributed by atoms with van der Waals surface area (Å²) >= 11 is 3.40. The maximum Gasteiger partial charge on any atom is 0.268 e. The van der Waals surface area contributed by atoms with Gasteiger partial charge in [0.1, 0.15) is 17.5 Å². The van der Waals surface area contributed by atoms with E-state index in [1.807, 2.05) is 44.2 Å². The average molecular weight is 564 g/mol. The quantitative estimate of drug-likeness (QED) is 0.425. The first-order valence-electron chi connectivity index (χ1n) is 12.1. The highest BCUT2D eigenvalue weighted by molar-refractivity contribution is 9.10. The molecular weight excluding hydrogens is 538 g/mol. The number of anilines is 1. The lowest BCUT2D eigenvalue weighted by atomic mass is 9.90. The number of benzene rings is 3. The molecule has 37 heavy (non-hydrogen) atoms. The van der Waals surface area contributed by atoms with Crippen LogP contribution in [0.1, 0.15) is 35.8 Å². The smallest absolute Gasteiger partial charge is 0.268 e. The van der Waals surface area contributed by atoms with E-state index in [2.05, 4.69) is 21.4 Å². The van der Waals surface area contributed by atoms with Crippen LogP contribution in [0.25, 0.3) is 0 Å². The van der Waals surface area contributed by atoms with Crippen molar-refractivity contribution < 1.29 is 23.9 Å². The number of fused-ring (bicyclic) bond motifs is 1. The van der Waals surface area contributed by atoms with E-state index >= 15 is 0 Å². The van der Waals surface area contributed by atoms with Crippen LogP contribution in [-0.4, -0.2) is 42.0 Å². The fourth-order valence-corrected chi connectivity index (χ4v) is 5.33. The van der Waals surface area contributed by atoms with Crippen molar-refractivity contribution in [3.05, 3.63) is 88.4 Å². The summed E-state index contributed by atoms with van der Waals surface area (Å²) < 4.78 is 12.1. The lowest BCUT2D eigenvalue weighted by Crippen LogP contribution is -2.48. The Morgan fingerprint density at radius 3 is 2.35 bits per heavy atom. The Bertz CT molecular complexity index is 1350.